The first-order chi connectivity index (χ1) is 14.5. The van der Waals surface area contributed by atoms with Crippen molar-refractivity contribution in [3.05, 3.63) is 70.9 Å². The maximum atomic E-state index is 13.0. The lowest BCUT2D eigenvalue weighted by atomic mass is 9.88. The van der Waals surface area contributed by atoms with Gasteiger partial charge in [0, 0.05) is 16.5 Å². The molecule has 2 heterocycles. The number of para-hydroxylation sites is 1. The Hall–Kier alpha value is -3.27. The van der Waals surface area contributed by atoms with Crippen molar-refractivity contribution in [2.45, 2.75) is 25.3 Å². The molecule has 1 aromatic heterocycles. The van der Waals surface area contributed by atoms with Crippen LogP contribution in [0.4, 0.5) is 0 Å². The molecule has 2 aromatic carbocycles. The zero-order valence-electron chi connectivity index (χ0n) is 17.1. The second-order valence-electron chi connectivity index (χ2n) is 7.64. The summed E-state index contributed by atoms with van der Waals surface area (Å²) in [6, 6.07) is 14.7. The van der Waals surface area contributed by atoms with Gasteiger partial charge in [0.05, 0.1) is 5.56 Å². The highest BCUT2D eigenvalue weighted by molar-refractivity contribution is 5.98. The normalized spacial score (nSPS) is 14.7. The lowest BCUT2D eigenvalue weighted by molar-refractivity contribution is 0.0695. The number of carbonyl (C=O) groups excluding carboxylic acids is 1. The van der Waals surface area contributed by atoms with E-state index in [4.69, 9.17) is 0 Å². The Morgan fingerprint density at radius 1 is 1.10 bits per heavy atom. The second kappa shape index (κ2) is 9.25. The molecule has 1 aliphatic rings. The summed E-state index contributed by atoms with van der Waals surface area (Å²) in [5.41, 5.74) is 2.45. The average molecular weight is 438 g/mol. The van der Waals surface area contributed by atoms with Crippen LogP contribution in [0.1, 0.15) is 44.8 Å². The Morgan fingerprint density at radius 2 is 1.84 bits per heavy atom. The molecule has 0 spiro atoms. The van der Waals surface area contributed by atoms with Gasteiger partial charge in [-0.2, -0.15) is 0 Å². The molecule has 0 radical (unpaired) electrons. The number of H-pyrrole nitrogens is 1. The number of carboxylic acid groups (broad SMARTS) is 1. The van der Waals surface area contributed by atoms with Gasteiger partial charge >= 0.3 is 5.97 Å². The molecule has 0 atom stereocenters. The summed E-state index contributed by atoms with van der Waals surface area (Å²) < 4.78 is 0. The highest BCUT2D eigenvalue weighted by Crippen LogP contribution is 2.21. The molecule has 7 heteroatoms. The molecular formula is C24H24ClN3O3. The first kappa shape index (κ1) is 22.4. The largest absolute Gasteiger partial charge is 0.478 e. The van der Waals surface area contributed by atoms with Gasteiger partial charge in [-0.15, -0.1) is 12.4 Å². The fourth-order valence-electron chi connectivity index (χ4n) is 3.79. The van der Waals surface area contributed by atoms with Crippen LogP contribution in [0.25, 0.3) is 10.9 Å². The first-order valence-corrected chi connectivity index (χ1v) is 9.94. The van der Waals surface area contributed by atoms with Crippen LogP contribution in [0.5, 0.6) is 0 Å². The predicted octanol–water partition coefficient (Wildman–Crippen LogP) is 3.50. The summed E-state index contributed by atoms with van der Waals surface area (Å²) in [5, 5.41) is 16.6. The van der Waals surface area contributed by atoms with E-state index in [9.17, 15) is 14.7 Å². The van der Waals surface area contributed by atoms with Gasteiger partial charge in [0.2, 0.25) is 0 Å². The van der Waals surface area contributed by atoms with Crippen molar-refractivity contribution in [2.24, 2.45) is 0 Å². The lowest BCUT2D eigenvalue weighted by Gasteiger charge is -2.33. The monoisotopic (exact) mass is 437 g/mol. The van der Waals surface area contributed by atoms with Gasteiger partial charge in [0.25, 0.3) is 5.91 Å². The van der Waals surface area contributed by atoms with Gasteiger partial charge in [-0.3, -0.25) is 4.79 Å². The summed E-state index contributed by atoms with van der Waals surface area (Å²) in [4.78, 5) is 27.4. The van der Waals surface area contributed by atoms with E-state index in [-0.39, 0.29) is 23.9 Å². The maximum absolute atomic E-state index is 13.0. The Morgan fingerprint density at radius 3 is 2.52 bits per heavy atom. The number of carboxylic acids is 1. The minimum Gasteiger partial charge on any atom is -0.478 e. The van der Waals surface area contributed by atoms with Crippen LogP contribution < -0.4 is 10.6 Å². The number of halogens is 1. The molecule has 0 unspecified atom stereocenters. The van der Waals surface area contributed by atoms with Crippen molar-refractivity contribution in [2.75, 3.05) is 13.1 Å². The average Bonchev–Trinajstić information content (AvgIpc) is 3.17. The van der Waals surface area contributed by atoms with Crippen molar-refractivity contribution < 1.29 is 14.7 Å². The summed E-state index contributed by atoms with van der Waals surface area (Å²) in [6.45, 7) is 3.28. The Kier molecular flexibility index (Phi) is 6.69. The van der Waals surface area contributed by atoms with E-state index in [1.54, 1.807) is 25.1 Å². The number of hydrogen-bond acceptors (Lipinski definition) is 3. The molecule has 0 bridgehead atoms. The molecule has 31 heavy (non-hydrogen) atoms. The number of fused-ring (bicyclic) bond motifs is 1. The number of carbonyl (C=O) groups is 2. The number of rotatable bonds is 3. The highest BCUT2D eigenvalue weighted by atomic mass is 35.5. The van der Waals surface area contributed by atoms with E-state index in [1.807, 2.05) is 30.3 Å². The zero-order chi connectivity index (χ0) is 21.1. The van der Waals surface area contributed by atoms with Gasteiger partial charge in [-0.05, 0) is 68.8 Å². The minimum atomic E-state index is -0.951. The van der Waals surface area contributed by atoms with Crippen molar-refractivity contribution in [3.8, 4) is 11.8 Å². The van der Waals surface area contributed by atoms with E-state index in [0.717, 1.165) is 29.6 Å². The predicted molar refractivity (Wildman–Crippen MR) is 123 cm³/mol. The fourth-order valence-corrected chi connectivity index (χ4v) is 3.79. The molecule has 4 N–H and O–H groups in total. The minimum absolute atomic E-state index is 0. The summed E-state index contributed by atoms with van der Waals surface area (Å²) >= 11 is 0. The number of benzene rings is 2. The Labute approximate surface area is 186 Å². The number of hydrogen-bond donors (Lipinski definition) is 4. The SMILES string of the molecule is Cc1cc(C#CC2(NC(=O)c3cc4ccccc4[nH]3)CCNCC2)ccc1C(=O)O.Cl. The highest BCUT2D eigenvalue weighted by Gasteiger charge is 2.32. The molecule has 1 amide bonds. The standard InChI is InChI=1S/C24H23N3O3.ClH/c1-16-14-17(6-7-19(16)23(29)30)8-9-24(10-12-25-13-11-24)27-22(28)21-15-18-4-2-3-5-20(18)26-21;/h2-7,14-15,25-26H,10-13H2,1H3,(H,27,28)(H,29,30);1H. The van der Waals surface area contributed by atoms with Crippen LogP contribution in [0.15, 0.2) is 48.5 Å². The van der Waals surface area contributed by atoms with Gasteiger partial charge in [-0.25, -0.2) is 4.79 Å². The maximum Gasteiger partial charge on any atom is 0.335 e. The Balaban J connectivity index is 0.00000272. The van der Waals surface area contributed by atoms with Crippen molar-refractivity contribution >= 4 is 35.2 Å². The van der Waals surface area contributed by atoms with Crippen LogP contribution in [0.3, 0.4) is 0 Å². The summed E-state index contributed by atoms with van der Waals surface area (Å²) in [5.74, 6) is 5.30. The number of aromatic amines is 1. The molecular weight excluding hydrogens is 414 g/mol. The van der Waals surface area contributed by atoms with E-state index in [0.29, 0.717) is 24.1 Å². The number of aryl methyl sites for hydroxylation is 1. The van der Waals surface area contributed by atoms with Crippen molar-refractivity contribution in [1.82, 2.24) is 15.6 Å². The third-order valence-corrected chi connectivity index (χ3v) is 5.49. The fraction of sp³-hybridized carbons (Fsp3) is 0.250. The topological polar surface area (TPSA) is 94.2 Å². The smallest absolute Gasteiger partial charge is 0.335 e. The molecule has 160 valence electrons. The van der Waals surface area contributed by atoms with Crippen LogP contribution in [-0.2, 0) is 0 Å². The molecule has 0 saturated carbocycles. The summed E-state index contributed by atoms with van der Waals surface area (Å²) in [6.07, 6.45) is 1.39. The third kappa shape index (κ3) is 4.91. The molecule has 6 nitrogen and oxygen atoms in total. The summed E-state index contributed by atoms with van der Waals surface area (Å²) in [7, 11) is 0. The molecule has 1 saturated heterocycles. The van der Waals surface area contributed by atoms with Gasteiger partial charge in [0.15, 0.2) is 0 Å². The third-order valence-electron chi connectivity index (χ3n) is 5.49. The molecule has 1 aliphatic heterocycles. The first-order valence-electron chi connectivity index (χ1n) is 9.94. The quantitative estimate of drug-likeness (QED) is 0.472. The van der Waals surface area contributed by atoms with E-state index in [1.165, 1.54) is 0 Å². The van der Waals surface area contributed by atoms with Crippen molar-refractivity contribution in [3.63, 3.8) is 0 Å². The molecule has 4 rings (SSSR count). The van der Waals surface area contributed by atoms with E-state index < -0.39 is 11.5 Å². The lowest BCUT2D eigenvalue weighted by Crippen LogP contribution is -2.53. The van der Waals surface area contributed by atoms with Crippen LogP contribution in [0.2, 0.25) is 0 Å². The zero-order valence-corrected chi connectivity index (χ0v) is 17.9. The number of piperidine rings is 1. The van der Waals surface area contributed by atoms with Gasteiger partial charge in [0.1, 0.15) is 11.2 Å². The van der Waals surface area contributed by atoms with Crippen LogP contribution in [-0.4, -0.2) is 40.6 Å². The van der Waals surface area contributed by atoms with Crippen LogP contribution >= 0.6 is 12.4 Å². The molecule has 1 fully saturated rings. The second-order valence-corrected chi connectivity index (χ2v) is 7.64. The molecule has 3 aromatic rings. The van der Waals surface area contributed by atoms with Gasteiger partial charge < -0.3 is 20.7 Å². The molecule has 0 aliphatic carbocycles. The number of amides is 1. The van der Waals surface area contributed by atoms with Crippen molar-refractivity contribution in [1.29, 1.82) is 0 Å². The van der Waals surface area contributed by atoms with E-state index >= 15 is 0 Å². The van der Waals surface area contributed by atoms with E-state index in [2.05, 4.69) is 27.5 Å². The number of nitrogens with one attached hydrogen (secondary N) is 3. The van der Waals surface area contributed by atoms with Gasteiger partial charge in [-0.1, -0.05) is 30.0 Å². The number of aromatic nitrogens is 1. The number of aromatic carboxylic acids is 1. The van der Waals surface area contributed by atoms with Crippen LogP contribution in [0, 0.1) is 18.8 Å². The Bertz CT molecular complexity index is 1150.